The van der Waals surface area contributed by atoms with Gasteiger partial charge >= 0.3 is 24.3 Å². The number of ether oxygens (including phenoxy) is 1. The summed E-state index contributed by atoms with van der Waals surface area (Å²) in [6.45, 7) is 5.32. The summed E-state index contributed by atoms with van der Waals surface area (Å²) in [5.41, 5.74) is 2.38. The number of aliphatic carboxylic acids is 2. The second kappa shape index (κ2) is 14.2. The van der Waals surface area contributed by atoms with Crippen molar-refractivity contribution in [2.75, 3.05) is 38.3 Å². The number of rotatable bonds is 5. The Morgan fingerprint density at radius 3 is 2.03 bits per heavy atom. The molecule has 0 saturated carbocycles. The highest BCUT2D eigenvalue weighted by Gasteiger charge is 2.38. The van der Waals surface area contributed by atoms with Gasteiger partial charge in [0.2, 0.25) is 0 Å². The van der Waals surface area contributed by atoms with Crippen LogP contribution in [0.15, 0.2) is 42.7 Å². The maximum Gasteiger partial charge on any atom is 0.490 e. The number of pyridine rings is 2. The first-order chi connectivity index (χ1) is 16.8. The summed E-state index contributed by atoms with van der Waals surface area (Å²) in [6.07, 6.45) is -6.44. The lowest BCUT2D eigenvalue weighted by Gasteiger charge is -2.23. The zero-order chi connectivity index (χ0) is 27.4. The summed E-state index contributed by atoms with van der Waals surface area (Å²) >= 11 is 0. The second-order valence-corrected chi connectivity index (χ2v) is 7.10. The molecule has 0 radical (unpaired) electrons. The molecule has 36 heavy (non-hydrogen) atoms. The summed E-state index contributed by atoms with van der Waals surface area (Å²) < 4.78 is 68.7. The van der Waals surface area contributed by atoms with Gasteiger partial charge in [0.25, 0.3) is 0 Å². The zero-order valence-electron chi connectivity index (χ0n) is 19.0. The third-order valence-corrected chi connectivity index (χ3v) is 4.41. The third kappa shape index (κ3) is 11.3. The summed E-state index contributed by atoms with van der Waals surface area (Å²) in [4.78, 5) is 31.6. The normalized spacial score (nSPS) is 13.8. The Bertz CT molecular complexity index is 936. The van der Waals surface area contributed by atoms with Gasteiger partial charge in [0.1, 0.15) is 5.82 Å². The molecule has 0 spiro atoms. The molecule has 0 saturated heterocycles. The Balaban J connectivity index is 0.000000383. The van der Waals surface area contributed by atoms with Gasteiger partial charge in [0, 0.05) is 57.8 Å². The number of carboxylic acid groups (broad SMARTS) is 2. The van der Waals surface area contributed by atoms with E-state index in [2.05, 4.69) is 31.9 Å². The van der Waals surface area contributed by atoms with Crippen molar-refractivity contribution in [2.45, 2.75) is 25.4 Å². The quantitative estimate of drug-likeness (QED) is 0.567. The van der Waals surface area contributed by atoms with E-state index >= 15 is 0 Å². The SMILES string of the molecule is COCCN1CCN(Cc2ccccn2)Cc2cccnc21.O=C(O)C(F)(F)F.O=C(O)C(F)(F)F. The minimum atomic E-state index is -5.08. The zero-order valence-corrected chi connectivity index (χ0v) is 19.0. The largest absolute Gasteiger partial charge is 0.490 e. The highest BCUT2D eigenvalue weighted by Crippen LogP contribution is 2.23. The van der Waals surface area contributed by atoms with Crippen molar-refractivity contribution >= 4 is 17.8 Å². The Morgan fingerprint density at radius 1 is 0.944 bits per heavy atom. The summed E-state index contributed by atoms with van der Waals surface area (Å²) in [6, 6.07) is 10.3. The van der Waals surface area contributed by atoms with Crippen molar-refractivity contribution in [2.24, 2.45) is 0 Å². The van der Waals surface area contributed by atoms with Crippen LogP contribution in [0.1, 0.15) is 11.3 Å². The monoisotopic (exact) mass is 526 g/mol. The number of halogens is 6. The van der Waals surface area contributed by atoms with E-state index < -0.39 is 24.3 Å². The number of alkyl halides is 6. The van der Waals surface area contributed by atoms with Gasteiger partial charge in [-0.05, 0) is 18.2 Å². The van der Waals surface area contributed by atoms with Crippen molar-refractivity contribution < 1.29 is 50.9 Å². The molecule has 3 rings (SSSR count). The number of aromatic nitrogens is 2. The molecule has 0 unspecified atom stereocenters. The minimum absolute atomic E-state index is 0.719. The first kappa shape index (κ1) is 30.6. The van der Waals surface area contributed by atoms with E-state index in [4.69, 9.17) is 24.5 Å². The molecule has 0 bridgehead atoms. The molecule has 2 aromatic heterocycles. The van der Waals surface area contributed by atoms with Crippen LogP contribution in [0.2, 0.25) is 0 Å². The molecule has 1 aliphatic heterocycles. The van der Waals surface area contributed by atoms with Crippen molar-refractivity contribution in [3.8, 4) is 0 Å². The molecule has 1 aliphatic rings. The van der Waals surface area contributed by atoms with Crippen LogP contribution in [0.4, 0.5) is 32.2 Å². The molecule has 2 aromatic rings. The molecule has 15 heteroatoms. The van der Waals surface area contributed by atoms with Gasteiger partial charge < -0.3 is 19.8 Å². The Hall–Kier alpha value is -3.46. The molecular formula is C21H24F6N4O5. The van der Waals surface area contributed by atoms with E-state index in [9.17, 15) is 26.3 Å². The topological polar surface area (TPSA) is 116 Å². The molecule has 9 nitrogen and oxygen atoms in total. The van der Waals surface area contributed by atoms with Crippen LogP contribution in [-0.4, -0.2) is 82.7 Å². The average molecular weight is 526 g/mol. The number of hydrogen-bond acceptors (Lipinski definition) is 7. The lowest BCUT2D eigenvalue weighted by atomic mass is 10.2. The Morgan fingerprint density at radius 2 is 1.53 bits per heavy atom. The molecule has 2 N–H and O–H groups in total. The number of hydrogen-bond donors (Lipinski definition) is 2. The fraction of sp³-hybridized carbons (Fsp3) is 0.429. The number of nitrogens with zero attached hydrogens (tertiary/aromatic N) is 4. The first-order valence-electron chi connectivity index (χ1n) is 10.2. The van der Waals surface area contributed by atoms with E-state index in [0.717, 1.165) is 50.8 Å². The molecular weight excluding hydrogens is 502 g/mol. The number of carbonyl (C=O) groups is 2. The lowest BCUT2D eigenvalue weighted by molar-refractivity contribution is -0.193. The number of carboxylic acids is 2. The van der Waals surface area contributed by atoms with Gasteiger partial charge in [0.15, 0.2) is 0 Å². The molecule has 0 atom stereocenters. The van der Waals surface area contributed by atoms with Gasteiger partial charge in [0.05, 0.1) is 12.3 Å². The van der Waals surface area contributed by atoms with Gasteiger partial charge in [-0.15, -0.1) is 0 Å². The Labute approximate surface area is 201 Å². The van der Waals surface area contributed by atoms with Crippen LogP contribution in [0, 0.1) is 0 Å². The van der Waals surface area contributed by atoms with Crippen molar-refractivity contribution in [3.63, 3.8) is 0 Å². The maximum absolute atomic E-state index is 10.6. The van der Waals surface area contributed by atoms with Gasteiger partial charge in [-0.1, -0.05) is 12.1 Å². The van der Waals surface area contributed by atoms with Crippen LogP contribution >= 0.6 is 0 Å². The van der Waals surface area contributed by atoms with Crippen LogP contribution in [0.3, 0.4) is 0 Å². The molecule has 0 amide bonds. The number of methoxy groups -OCH3 is 1. The fourth-order valence-electron chi connectivity index (χ4n) is 2.80. The average Bonchev–Trinajstić information content (AvgIpc) is 2.97. The maximum atomic E-state index is 10.6. The van der Waals surface area contributed by atoms with Crippen molar-refractivity contribution in [3.05, 3.63) is 54.0 Å². The predicted molar refractivity (Wildman–Crippen MR) is 114 cm³/mol. The van der Waals surface area contributed by atoms with Crippen LogP contribution in [-0.2, 0) is 27.4 Å². The third-order valence-electron chi connectivity index (χ3n) is 4.41. The summed E-state index contributed by atoms with van der Waals surface area (Å²) in [5.74, 6) is -4.43. The van der Waals surface area contributed by atoms with E-state index in [0.29, 0.717) is 0 Å². The highest BCUT2D eigenvalue weighted by atomic mass is 19.4. The molecule has 0 aliphatic carbocycles. The van der Waals surface area contributed by atoms with Crippen LogP contribution in [0.25, 0.3) is 0 Å². The fourth-order valence-corrected chi connectivity index (χ4v) is 2.80. The standard InChI is InChI=1S/C17H22N4O.2C2HF3O2/c1-22-12-11-21-10-9-20(14-16-6-2-3-7-18-16)13-15-5-4-8-19-17(15)21;2*3-2(4,5)1(6)7/h2-8H,9-14H2,1H3;2*(H,6,7). The van der Waals surface area contributed by atoms with E-state index in [1.807, 2.05) is 30.6 Å². The van der Waals surface area contributed by atoms with Gasteiger partial charge in [-0.25, -0.2) is 14.6 Å². The summed E-state index contributed by atoms with van der Waals surface area (Å²) in [7, 11) is 1.74. The highest BCUT2D eigenvalue weighted by molar-refractivity contribution is 5.73. The molecule has 200 valence electrons. The molecule has 3 heterocycles. The molecule has 0 fully saturated rings. The Kier molecular flexibility index (Phi) is 12.0. The molecule has 0 aromatic carbocycles. The number of fused-ring (bicyclic) bond motifs is 1. The van der Waals surface area contributed by atoms with Crippen LogP contribution < -0.4 is 4.90 Å². The first-order valence-corrected chi connectivity index (χ1v) is 10.2. The van der Waals surface area contributed by atoms with E-state index in [-0.39, 0.29) is 0 Å². The lowest BCUT2D eigenvalue weighted by Crippen LogP contribution is -2.33. The minimum Gasteiger partial charge on any atom is -0.475 e. The number of anilines is 1. The van der Waals surface area contributed by atoms with Crippen LogP contribution in [0.5, 0.6) is 0 Å². The smallest absolute Gasteiger partial charge is 0.475 e. The van der Waals surface area contributed by atoms with Crippen molar-refractivity contribution in [1.82, 2.24) is 14.9 Å². The van der Waals surface area contributed by atoms with Gasteiger partial charge in [-0.3, -0.25) is 9.88 Å². The van der Waals surface area contributed by atoms with E-state index in [1.165, 1.54) is 5.56 Å². The second-order valence-electron chi connectivity index (χ2n) is 7.10. The van der Waals surface area contributed by atoms with Gasteiger partial charge in [-0.2, -0.15) is 26.3 Å². The van der Waals surface area contributed by atoms with E-state index in [1.54, 1.807) is 7.11 Å². The predicted octanol–water partition coefficient (Wildman–Crippen LogP) is 3.21. The summed E-state index contributed by atoms with van der Waals surface area (Å²) in [5, 5.41) is 14.2. The van der Waals surface area contributed by atoms with Crippen molar-refractivity contribution in [1.29, 1.82) is 0 Å².